The van der Waals surface area contributed by atoms with Gasteiger partial charge in [0.05, 0.1) is 12.9 Å². The summed E-state index contributed by atoms with van der Waals surface area (Å²) in [5.41, 5.74) is 9.98. The predicted octanol–water partition coefficient (Wildman–Crippen LogP) is 2.34. The molecule has 108 valence electrons. The fourth-order valence-corrected chi connectivity index (χ4v) is 1.73. The lowest BCUT2D eigenvalue weighted by atomic mass is 10.1. The molecule has 0 saturated heterocycles. The molecule has 6 heteroatoms. The molecule has 2 rings (SSSR count). The van der Waals surface area contributed by atoms with Crippen LogP contribution in [0.4, 0.5) is 0 Å². The Balaban J connectivity index is 1.90. The van der Waals surface area contributed by atoms with Crippen molar-refractivity contribution in [2.24, 2.45) is 0 Å². The minimum absolute atomic E-state index is 0.0884. The molecule has 0 atom stereocenters. The van der Waals surface area contributed by atoms with E-state index in [9.17, 15) is 4.79 Å². The van der Waals surface area contributed by atoms with Gasteiger partial charge in [-0.15, -0.1) is 0 Å². The number of rotatable bonds is 7. The molecule has 0 fully saturated rings. The monoisotopic (exact) mass is 286 g/mol. The second kappa shape index (κ2) is 7.79. The van der Waals surface area contributed by atoms with Crippen LogP contribution in [0, 0.1) is 0 Å². The van der Waals surface area contributed by atoms with E-state index >= 15 is 0 Å². The Morgan fingerprint density at radius 2 is 1.90 bits per heavy atom. The van der Waals surface area contributed by atoms with Gasteiger partial charge in [-0.25, -0.2) is 4.79 Å². The third-order valence-corrected chi connectivity index (χ3v) is 2.73. The second-order valence-corrected chi connectivity index (χ2v) is 4.19. The van der Waals surface area contributed by atoms with Crippen molar-refractivity contribution in [2.45, 2.75) is 19.8 Å². The molecule has 0 unspecified atom stereocenters. The number of hydrogen-bond donors (Lipinski definition) is 0. The van der Waals surface area contributed by atoms with Crippen LogP contribution in [0.5, 0.6) is 0 Å². The van der Waals surface area contributed by atoms with Crippen LogP contribution in [0.1, 0.15) is 16.9 Å². The van der Waals surface area contributed by atoms with Gasteiger partial charge >= 0.3 is 12.2 Å². The van der Waals surface area contributed by atoms with Crippen molar-refractivity contribution >= 4 is 12.2 Å². The molecule has 0 aliphatic rings. The van der Waals surface area contributed by atoms with Gasteiger partial charge in [0.15, 0.2) is 0 Å². The van der Waals surface area contributed by atoms with E-state index in [0.717, 1.165) is 16.9 Å². The summed E-state index contributed by atoms with van der Waals surface area (Å²) >= 11 is 0. The van der Waals surface area contributed by atoms with Crippen molar-refractivity contribution in [1.29, 1.82) is 0 Å². The summed E-state index contributed by atoms with van der Waals surface area (Å²) in [6.07, 6.45) is 2.30. The molecular formula is C15H14N2O4. The Labute approximate surface area is 121 Å². The summed E-state index contributed by atoms with van der Waals surface area (Å²) in [4.78, 5) is 13.7. The zero-order chi connectivity index (χ0) is 14.9. The minimum Gasteiger partial charge on any atom is -0.467 e. The molecule has 1 heterocycles. The standard InChI is InChI=1S/C15H14N2O4/c16-17-8-15(18)21-10-13-5-2-1-4-12(13)9-19-11-14-6-3-7-20-14/h1-8H,9-11H2. The topological polar surface area (TPSA) is 85.1 Å². The molecular weight excluding hydrogens is 272 g/mol. The van der Waals surface area contributed by atoms with E-state index in [1.54, 1.807) is 12.3 Å². The van der Waals surface area contributed by atoms with Crippen LogP contribution in [0.3, 0.4) is 0 Å². The molecule has 1 aromatic carbocycles. The van der Waals surface area contributed by atoms with Crippen LogP contribution in [0.2, 0.25) is 0 Å². The highest BCUT2D eigenvalue weighted by atomic mass is 16.5. The van der Waals surface area contributed by atoms with Gasteiger partial charge in [0, 0.05) is 0 Å². The summed E-state index contributed by atoms with van der Waals surface area (Å²) < 4.78 is 15.7. The lowest BCUT2D eigenvalue weighted by Gasteiger charge is -2.09. The van der Waals surface area contributed by atoms with Crippen LogP contribution in [0.15, 0.2) is 47.1 Å². The van der Waals surface area contributed by atoms with E-state index in [1.165, 1.54) is 0 Å². The third kappa shape index (κ3) is 4.72. The third-order valence-electron chi connectivity index (χ3n) is 2.73. The molecule has 6 nitrogen and oxygen atoms in total. The number of hydrogen-bond acceptors (Lipinski definition) is 4. The summed E-state index contributed by atoms with van der Waals surface area (Å²) in [7, 11) is 0. The van der Waals surface area contributed by atoms with E-state index in [1.807, 2.05) is 30.3 Å². The van der Waals surface area contributed by atoms with E-state index in [-0.39, 0.29) is 6.61 Å². The van der Waals surface area contributed by atoms with Gasteiger partial charge in [0.2, 0.25) is 0 Å². The molecule has 0 saturated carbocycles. The van der Waals surface area contributed by atoms with Crippen molar-refractivity contribution in [3.05, 3.63) is 65.1 Å². The highest BCUT2D eigenvalue weighted by Gasteiger charge is 2.07. The van der Waals surface area contributed by atoms with E-state index < -0.39 is 5.97 Å². The number of carbonyl (C=O) groups excluding carboxylic acids is 1. The van der Waals surface area contributed by atoms with E-state index in [0.29, 0.717) is 19.4 Å². The largest absolute Gasteiger partial charge is 0.467 e. The Morgan fingerprint density at radius 3 is 2.57 bits per heavy atom. The fourth-order valence-electron chi connectivity index (χ4n) is 1.73. The molecule has 0 aliphatic carbocycles. The van der Waals surface area contributed by atoms with Crippen molar-refractivity contribution in [2.75, 3.05) is 0 Å². The maximum Gasteiger partial charge on any atom is 0.413 e. The molecule has 1 aromatic heterocycles. The summed E-state index contributed by atoms with van der Waals surface area (Å²) in [6.45, 7) is 0.839. The summed E-state index contributed by atoms with van der Waals surface area (Å²) in [6, 6.07) is 11.1. The Bertz CT molecular complexity index is 631. The van der Waals surface area contributed by atoms with Gasteiger partial charge in [-0.3, -0.25) is 0 Å². The highest BCUT2D eigenvalue weighted by Crippen LogP contribution is 2.13. The zero-order valence-corrected chi connectivity index (χ0v) is 11.3. The maximum atomic E-state index is 11.1. The molecule has 2 aromatic rings. The minimum atomic E-state index is -0.705. The lowest BCUT2D eigenvalue weighted by molar-refractivity contribution is -0.140. The van der Waals surface area contributed by atoms with Gasteiger partial charge in [-0.2, -0.15) is 4.79 Å². The molecule has 0 radical (unpaired) electrons. The summed E-state index contributed by atoms with van der Waals surface area (Å²) in [5, 5.41) is 0. The molecule has 21 heavy (non-hydrogen) atoms. The van der Waals surface area contributed by atoms with Crippen LogP contribution in [0.25, 0.3) is 5.53 Å². The van der Waals surface area contributed by atoms with Gasteiger partial charge in [-0.1, -0.05) is 24.3 Å². The smallest absolute Gasteiger partial charge is 0.413 e. The van der Waals surface area contributed by atoms with E-state index in [2.05, 4.69) is 4.79 Å². The maximum absolute atomic E-state index is 11.1. The van der Waals surface area contributed by atoms with Gasteiger partial charge in [-0.05, 0) is 23.3 Å². The van der Waals surface area contributed by atoms with E-state index in [4.69, 9.17) is 19.4 Å². The van der Waals surface area contributed by atoms with Gasteiger partial charge < -0.3 is 19.4 Å². The van der Waals surface area contributed by atoms with Crippen LogP contribution in [-0.4, -0.2) is 17.0 Å². The average Bonchev–Trinajstić information content (AvgIpc) is 3.00. The summed E-state index contributed by atoms with van der Waals surface area (Å²) in [5.74, 6) is 0.0434. The van der Waals surface area contributed by atoms with Crippen LogP contribution < -0.4 is 0 Å². The quantitative estimate of drug-likeness (QED) is 0.338. The Kier molecular flexibility index (Phi) is 5.46. The first-order valence-corrected chi connectivity index (χ1v) is 6.30. The first-order valence-electron chi connectivity index (χ1n) is 6.30. The zero-order valence-electron chi connectivity index (χ0n) is 11.3. The fraction of sp³-hybridized carbons (Fsp3) is 0.200. The van der Waals surface area contributed by atoms with Crippen molar-refractivity contribution in [3.8, 4) is 0 Å². The molecule has 0 N–H and O–H groups in total. The SMILES string of the molecule is [N-]=[N+]=CC(=O)OCc1ccccc1COCc1ccco1. The predicted molar refractivity (Wildman–Crippen MR) is 73.1 cm³/mol. The lowest BCUT2D eigenvalue weighted by Crippen LogP contribution is -2.08. The van der Waals surface area contributed by atoms with Crippen LogP contribution >= 0.6 is 0 Å². The van der Waals surface area contributed by atoms with Gasteiger partial charge in [0.25, 0.3) is 0 Å². The first kappa shape index (κ1) is 14.7. The van der Waals surface area contributed by atoms with Crippen molar-refractivity contribution in [3.63, 3.8) is 0 Å². The number of esters is 1. The Hall–Kier alpha value is -2.69. The van der Waals surface area contributed by atoms with Gasteiger partial charge in [0.1, 0.15) is 19.0 Å². The second-order valence-electron chi connectivity index (χ2n) is 4.19. The molecule has 0 aliphatic heterocycles. The number of ether oxygens (including phenoxy) is 2. The van der Waals surface area contributed by atoms with Crippen molar-refractivity contribution < 1.29 is 23.5 Å². The first-order chi connectivity index (χ1) is 10.3. The number of benzene rings is 1. The van der Waals surface area contributed by atoms with Crippen molar-refractivity contribution in [1.82, 2.24) is 0 Å². The average molecular weight is 286 g/mol. The molecule has 0 spiro atoms. The highest BCUT2D eigenvalue weighted by molar-refractivity contribution is 6.20. The Morgan fingerprint density at radius 1 is 1.14 bits per heavy atom. The number of nitrogens with zero attached hydrogens (tertiary/aromatic N) is 2. The van der Waals surface area contributed by atoms with Crippen LogP contribution in [-0.2, 0) is 34.1 Å². The number of furan rings is 1. The normalized spacial score (nSPS) is 9.90. The number of carbonyl (C=O) groups is 1. The molecule has 0 amide bonds. The molecule has 0 bridgehead atoms.